The summed E-state index contributed by atoms with van der Waals surface area (Å²) in [6.07, 6.45) is 5.28. The van der Waals surface area contributed by atoms with Gasteiger partial charge in [0, 0.05) is 12.1 Å². The van der Waals surface area contributed by atoms with E-state index in [0.717, 1.165) is 25.0 Å². The largest absolute Gasteiger partial charge is 0.478 e. The first kappa shape index (κ1) is 15.6. The second-order valence-electron chi connectivity index (χ2n) is 4.20. The van der Waals surface area contributed by atoms with Crippen molar-refractivity contribution in [2.75, 3.05) is 18.6 Å². The van der Waals surface area contributed by atoms with Crippen LogP contribution in [0, 0.1) is 0 Å². The molecule has 0 heterocycles. The van der Waals surface area contributed by atoms with E-state index in [9.17, 15) is 9.59 Å². The third kappa shape index (κ3) is 5.79. The standard InChI is InChI=1S/C14H19NO3S/c1-19-9-4-2-3-8-15-13(16)11-6-5-7-12(10-11)14(17)18/h5-7,10H,2-4,8-9H2,1H3,(H,15,16)(H,17,18). The van der Waals surface area contributed by atoms with Crippen LogP contribution in [0.3, 0.4) is 0 Å². The van der Waals surface area contributed by atoms with Crippen LogP contribution in [-0.2, 0) is 0 Å². The highest BCUT2D eigenvalue weighted by atomic mass is 32.2. The Balaban J connectivity index is 2.37. The fraction of sp³-hybridized carbons (Fsp3) is 0.429. The number of carbonyl (C=O) groups is 2. The lowest BCUT2D eigenvalue weighted by Gasteiger charge is -2.05. The van der Waals surface area contributed by atoms with Gasteiger partial charge in [-0.2, -0.15) is 11.8 Å². The number of nitrogens with one attached hydrogen (secondary N) is 1. The van der Waals surface area contributed by atoms with E-state index in [2.05, 4.69) is 11.6 Å². The summed E-state index contributed by atoms with van der Waals surface area (Å²) in [5.74, 6) is -0.0890. The fourth-order valence-corrected chi connectivity index (χ4v) is 2.14. The Hall–Kier alpha value is -1.49. The summed E-state index contributed by atoms with van der Waals surface area (Å²) >= 11 is 1.82. The lowest BCUT2D eigenvalue weighted by Crippen LogP contribution is -2.24. The van der Waals surface area contributed by atoms with Crippen molar-refractivity contribution in [1.29, 1.82) is 0 Å². The molecule has 0 aliphatic rings. The topological polar surface area (TPSA) is 66.4 Å². The minimum atomic E-state index is -1.02. The van der Waals surface area contributed by atoms with Gasteiger partial charge >= 0.3 is 5.97 Å². The Bertz CT molecular complexity index is 434. The predicted molar refractivity (Wildman–Crippen MR) is 78.0 cm³/mol. The maximum absolute atomic E-state index is 11.8. The van der Waals surface area contributed by atoms with Gasteiger partial charge in [0.05, 0.1) is 5.56 Å². The van der Waals surface area contributed by atoms with Crippen LogP contribution < -0.4 is 5.32 Å². The molecule has 0 aliphatic carbocycles. The van der Waals surface area contributed by atoms with E-state index in [0.29, 0.717) is 12.1 Å². The highest BCUT2D eigenvalue weighted by Gasteiger charge is 2.08. The number of hydrogen-bond donors (Lipinski definition) is 2. The molecule has 0 saturated heterocycles. The summed E-state index contributed by atoms with van der Waals surface area (Å²) in [5, 5.41) is 11.7. The summed E-state index contributed by atoms with van der Waals surface area (Å²) in [6, 6.07) is 6.07. The molecule has 0 bridgehead atoms. The first-order valence-corrected chi connectivity index (χ1v) is 7.65. The molecule has 2 N–H and O–H groups in total. The van der Waals surface area contributed by atoms with Gasteiger partial charge in [-0.3, -0.25) is 4.79 Å². The molecule has 1 aromatic carbocycles. The van der Waals surface area contributed by atoms with Gasteiger partial charge in [0.2, 0.25) is 0 Å². The van der Waals surface area contributed by atoms with Crippen LogP contribution in [0.5, 0.6) is 0 Å². The third-order valence-corrected chi connectivity index (χ3v) is 3.38. The molecule has 0 aliphatic heterocycles. The molecule has 0 radical (unpaired) electrons. The van der Waals surface area contributed by atoms with E-state index in [-0.39, 0.29) is 11.5 Å². The minimum Gasteiger partial charge on any atom is -0.478 e. The summed E-state index contributed by atoms with van der Waals surface area (Å²) in [4.78, 5) is 22.6. The van der Waals surface area contributed by atoms with E-state index in [4.69, 9.17) is 5.11 Å². The number of benzene rings is 1. The molecule has 0 aromatic heterocycles. The zero-order valence-electron chi connectivity index (χ0n) is 11.0. The molecule has 0 fully saturated rings. The molecule has 0 unspecified atom stereocenters. The van der Waals surface area contributed by atoms with Gasteiger partial charge < -0.3 is 10.4 Å². The lowest BCUT2D eigenvalue weighted by atomic mass is 10.1. The molecule has 0 atom stereocenters. The van der Waals surface area contributed by atoms with E-state index in [1.54, 1.807) is 12.1 Å². The van der Waals surface area contributed by atoms with Gasteiger partial charge in [0.25, 0.3) is 5.91 Å². The summed E-state index contributed by atoms with van der Waals surface area (Å²) in [7, 11) is 0. The first-order valence-electron chi connectivity index (χ1n) is 6.25. The van der Waals surface area contributed by atoms with Crippen molar-refractivity contribution in [1.82, 2.24) is 5.32 Å². The van der Waals surface area contributed by atoms with E-state index in [1.165, 1.54) is 12.1 Å². The predicted octanol–water partition coefficient (Wildman–Crippen LogP) is 2.65. The monoisotopic (exact) mass is 281 g/mol. The number of thioether (sulfide) groups is 1. The Morgan fingerprint density at radius 2 is 1.95 bits per heavy atom. The molecule has 4 nitrogen and oxygen atoms in total. The molecule has 5 heteroatoms. The number of hydrogen-bond acceptors (Lipinski definition) is 3. The van der Waals surface area contributed by atoms with Crippen molar-refractivity contribution in [2.45, 2.75) is 19.3 Å². The average molecular weight is 281 g/mol. The van der Waals surface area contributed by atoms with Gasteiger partial charge in [-0.1, -0.05) is 12.5 Å². The van der Waals surface area contributed by atoms with E-state index in [1.807, 2.05) is 11.8 Å². The van der Waals surface area contributed by atoms with Crippen molar-refractivity contribution in [3.8, 4) is 0 Å². The molecule has 104 valence electrons. The maximum Gasteiger partial charge on any atom is 0.335 e. The van der Waals surface area contributed by atoms with E-state index < -0.39 is 5.97 Å². The molecular weight excluding hydrogens is 262 g/mol. The molecule has 19 heavy (non-hydrogen) atoms. The Morgan fingerprint density at radius 1 is 1.21 bits per heavy atom. The van der Waals surface area contributed by atoms with Gasteiger partial charge in [0.15, 0.2) is 0 Å². The normalized spacial score (nSPS) is 10.2. The molecule has 1 amide bonds. The first-order chi connectivity index (χ1) is 9.15. The highest BCUT2D eigenvalue weighted by Crippen LogP contribution is 2.06. The number of carbonyl (C=O) groups excluding carboxylic acids is 1. The number of amides is 1. The quantitative estimate of drug-likeness (QED) is 0.719. The van der Waals surface area contributed by atoms with Crippen molar-refractivity contribution in [2.24, 2.45) is 0 Å². The van der Waals surface area contributed by atoms with Crippen molar-refractivity contribution >= 4 is 23.6 Å². The molecule has 1 rings (SSSR count). The fourth-order valence-electron chi connectivity index (χ4n) is 1.65. The van der Waals surface area contributed by atoms with Gasteiger partial charge in [0.1, 0.15) is 0 Å². The Morgan fingerprint density at radius 3 is 2.63 bits per heavy atom. The van der Waals surface area contributed by atoms with Crippen LogP contribution in [0.4, 0.5) is 0 Å². The number of carboxylic acid groups (broad SMARTS) is 1. The highest BCUT2D eigenvalue weighted by molar-refractivity contribution is 7.98. The summed E-state index contributed by atoms with van der Waals surface area (Å²) < 4.78 is 0. The molecular formula is C14H19NO3S. The zero-order chi connectivity index (χ0) is 14.1. The van der Waals surface area contributed by atoms with Crippen LogP contribution >= 0.6 is 11.8 Å². The Kier molecular flexibility index (Phi) is 7.03. The number of carboxylic acids is 1. The maximum atomic E-state index is 11.8. The van der Waals surface area contributed by atoms with Crippen LogP contribution in [-0.4, -0.2) is 35.5 Å². The van der Waals surface area contributed by atoms with Gasteiger partial charge in [-0.05, 0) is 43.0 Å². The van der Waals surface area contributed by atoms with Crippen molar-refractivity contribution < 1.29 is 14.7 Å². The minimum absolute atomic E-state index is 0.132. The van der Waals surface area contributed by atoms with Crippen LogP contribution in [0.15, 0.2) is 24.3 Å². The average Bonchev–Trinajstić information content (AvgIpc) is 2.42. The third-order valence-electron chi connectivity index (χ3n) is 2.68. The van der Waals surface area contributed by atoms with Gasteiger partial charge in [-0.15, -0.1) is 0 Å². The second-order valence-corrected chi connectivity index (χ2v) is 5.18. The SMILES string of the molecule is CSCCCCCNC(=O)c1cccc(C(=O)O)c1. The number of unbranched alkanes of at least 4 members (excludes halogenated alkanes) is 2. The number of aromatic carboxylic acids is 1. The number of rotatable bonds is 8. The van der Waals surface area contributed by atoms with Crippen molar-refractivity contribution in [3.05, 3.63) is 35.4 Å². The Labute approximate surface area is 117 Å². The molecule has 0 saturated carbocycles. The van der Waals surface area contributed by atoms with Crippen LogP contribution in [0.25, 0.3) is 0 Å². The van der Waals surface area contributed by atoms with Crippen LogP contribution in [0.2, 0.25) is 0 Å². The molecule has 1 aromatic rings. The zero-order valence-corrected chi connectivity index (χ0v) is 11.8. The second kappa shape index (κ2) is 8.58. The summed E-state index contributed by atoms with van der Waals surface area (Å²) in [6.45, 7) is 0.629. The van der Waals surface area contributed by atoms with E-state index >= 15 is 0 Å². The van der Waals surface area contributed by atoms with Crippen LogP contribution in [0.1, 0.15) is 40.0 Å². The van der Waals surface area contributed by atoms with Crippen molar-refractivity contribution in [3.63, 3.8) is 0 Å². The smallest absolute Gasteiger partial charge is 0.335 e. The van der Waals surface area contributed by atoms with Gasteiger partial charge in [-0.25, -0.2) is 4.79 Å². The molecule has 0 spiro atoms. The summed E-state index contributed by atoms with van der Waals surface area (Å²) in [5.41, 5.74) is 0.525. The lowest BCUT2D eigenvalue weighted by molar-refractivity contribution is 0.0697.